The number of hydrogen-bond donors (Lipinski definition) is 1. The molecule has 2 heteroatoms. The minimum atomic E-state index is 0.0341. The molecular weight excluding hydrogens is 218 g/mol. The molecule has 0 amide bonds. The van der Waals surface area contributed by atoms with Gasteiger partial charge in [0.2, 0.25) is 0 Å². The van der Waals surface area contributed by atoms with E-state index < -0.39 is 0 Å². The molecule has 0 saturated carbocycles. The molecule has 0 bridgehead atoms. The Morgan fingerprint density at radius 3 is 2.25 bits per heavy atom. The molecule has 0 fully saturated rings. The van der Waals surface area contributed by atoms with Crippen molar-refractivity contribution in [3.8, 4) is 11.1 Å². The van der Waals surface area contributed by atoms with Gasteiger partial charge in [0.25, 0.3) is 0 Å². The second-order valence-electron chi connectivity index (χ2n) is 3.88. The van der Waals surface area contributed by atoms with E-state index in [1.165, 1.54) is 5.56 Å². The van der Waals surface area contributed by atoms with Crippen molar-refractivity contribution in [2.75, 3.05) is 0 Å². The highest BCUT2D eigenvalue weighted by Gasteiger charge is 2.07. The van der Waals surface area contributed by atoms with Gasteiger partial charge in [-0.1, -0.05) is 48.0 Å². The zero-order valence-electron chi connectivity index (χ0n) is 9.15. The largest absolute Gasteiger partial charge is 0.324 e. The molecule has 2 aromatic rings. The summed E-state index contributed by atoms with van der Waals surface area (Å²) in [6, 6.07) is 16.0. The van der Waals surface area contributed by atoms with Gasteiger partial charge in [-0.3, -0.25) is 0 Å². The van der Waals surface area contributed by atoms with Gasteiger partial charge < -0.3 is 5.73 Å². The fourth-order valence-corrected chi connectivity index (χ4v) is 1.91. The van der Waals surface area contributed by atoms with E-state index in [9.17, 15) is 0 Å². The summed E-state index contributed by atoms with van der Waals surface area (Å²) in [5.74, 6) is 0. The Hall–Kier alpha value is -1.31. The maximum Gasteiger partial charge on any atom is 0.0406 e. The van der Waals surface area contributed by atoms with Crippen molar-refractivity contribution >= 4 is 11.6 Å². The van der Waals surface area contributed by atoms with Crippen LogP contribution in [0.25, 0.3) is 11.1 Å². The summed E-state index contributed by atoms with van der Waals surface area (Å²) in [5.41, 5.74) is 9.44. The molecule has 0 aliphatic heterocycles. The first-order valence-corrected chi connectivity index (χ1v) is 5.67. The third kappa shape index (κ3) is 2.26. The van der Waals surface area contributed by atoms with Gasteiger partial charge in [0, 0.05) is 11.1 Å². The fraction of sp³-hybridized carbons (Fsp3) is 0.143. The van der Waals surface area contributed by atoms with Gasteiger partial charge >= 0.3 is 0 Å². The van der Waals surface area contributed by atoms with Crippen LogP contribution in [0.1, 0.15) is 18.5 Å². The quantitative estimate of drug-likeness (QED) is 0.830. The SMILES string of the molecule is C[C@@H](N)c1ccccc1-c1ccc(Cl)cc1. The van der Waals surface area contributed by atoms with E-state index >= 15 is 0 Å². The third-order valence-electron chi connectivity index (χ3n) is 2.61. The van der Waals surface area contributed by atoms with Gasteiger partial charge in [-0.05, 0) is 35.7 Å². The highest BCUT2D eigenvalue weighted by atomic mass is 35.5. The molecule has 1 nitrogen and oxygen atoms in total. The number of rotatable bonds is 2. The van der Waals surface area contributed by atoms with Gasteiger partial charge in [0.05, 0.1) is 0 Å². The molecule has 0 heterocycles. The maximum atomic E-state index is 5.96. The van der Waals surface area contributed by atoms with E-state index in [0.29, 0.717) is 0 Å². The predicted octanol–water partition coefficient (Wildman–Crippen LogP) is 4.03. The van der Waals surface area contributed by atoms with E-state index in [-0.39, 0.29) is 6.04 Å². The van der Waals surface area contributed by atoms with Gasteiger partial charge in [0.1, 0.15) is 0 Å². The number of hydrogen-bond acceptors (Lipinski definition) is 1. The van der Waals surface area contributed by atoms with Gasteiger partial charge in [-0.2, -0.15) is 0 Å². The molecule has 0 spiro atoms. The Kier molecular flexibility index (Phi) is 3.28. The van der Waals surface area contributed by atoms with Crippen LogP contribution in [0.3, 0.4) is 0 Å². The van der Waals surface area contributed by atoms with Crippen molar-refractivity contribution in [2.24, 2.45) is 5.73 Å². The van der Waals surface area contributed by atoms with Crippen LogP contribution in [-0.4, -0.2) is 0 Å². The van der Waals surface area contributed by atoms with Crippen LogP contribution in [0.2, 0.25) is 5.02 Å². The first-order valence-electron chi connectivity index (χ1n) is 5.29. The highest BCUT2D eigenvalue weighted by Crippen LogP contribution is 2.27. The fourth-order valence-electron chi connectivity index (χ4n) is 1.79. The standard InChI is InChI=1S/C14H14ClN/c1-10(16)13-4-2-3-5-14(13)11-6-8-12(15)9-7-11/h2-10H,16H2,1H3/t10-/m1/s1. The molecule has 2 rings (SSSR count). The summed E-state index contributed by atoms with van der Waals surface area (Å²) in [6.45, 7) is 1.99. The molecule has 0 saturated heterocycles. The number of benzene rings is 2. The molecule has 82 valence electrons. The first-order chi connectivity index (χ1) is 7.68. The Balaban J connectivity index is 2.51. The van der Waals surface area contributed by atoms with E-state index in [2.05, 4.69) is 12.1 Å². The Morgan fingerprint density at radius 2 is 1.62 bits per heavy atom. The normalized spacial score (nSPS) is 12.4. The van der Waals surface area contributed by atoms with E-state index in [0.717, 1.165) is 16.1 Å². The van der Waals surface area contributed by atoms with Crippen LogP contribution in [0, 0.1) is 0 Å². The van der Waals surface area contributed by atoms with Crippen LogP contribution in [-0.2, 0) is 0 Å². The van der Waals surface area contributed by atoms with Crippen molar-refractivity contribution in [1.82, 2.24) is 0 Å². The minimum absolute atomic E-state index is 0.0341. The van der Waals surface area contributed by atoms with Crippen LogP contribution < -0.4 is 5.73 Å². The van der Waals surface area contributed by atoms with Crippen molar-refractivity contribution in [2.45, 2.75) is 13.0 Å². The summed E-state index contributed by atoms with van der Waals surface area (Å²) in [6.07, 6.45) is 0. The summed E-state index contributed by atoms with van der Waals surface area (Å²) >= 11 is 5.88. The molecule has 0 aromatic heterocycles. The molecular formula is C14H14ClN. The maximum absolute atomic E-state index is 5.96. The summed E-state index contributed by atoms with van der Waals surface area (Å²) in [7, 11) is 0. The smallest absolute Gasteiger partial charge is 0.0406 e. The monoisotopic (exact) mass is 231 g/mol. The Labute approximate surface area is 101 Å². The Bertz CT molecular complexity index is 474. The van der Waals surface area contributed by atoms with Crippen LogP contribution in [0.4, 0.5) is 0 Å². The van der Waals surface area contributed by atoms with Crippen molar-refractivity contribution in [3.63, 3.8) is 0 Å². The van der Waals surface area contributed by atoms with Crippen molar-refractivity contribution < 1.29 is 0 Å². The summed E-state index contributed by atoms with van der Waals surface area (Å²) in [4.78, 5) is 0. The molecule has 16 heavy (non-hydrogen) atoms. The van der Waals surface area contributed by atoms with Crippen LogP contribution in [0.5, 0.6) is 0 Å². The lowest BCUT2D eigenvalue weighted by Gasteiger charge is -2.12. The lowest BCUT2D eigenvalue weighted by atomic mass is 9.96. The van der Waals surface area contributed by atoms with Crippen molar-refractivity contribution in [1.29, 1.82) is 0 Å². The van der Waals surface area contributed by atoms with Crippen LogP contribution in [0.15, 0.2) is 48.5 Å². The Morgan fingerprint density at radius 1 is 1.00 bits per heavy atom. The molecule has 0 aliphatic carbocycles. The van der Waals surface area contributed by atoms with E-state index in [1.54, 1.807) is 0 Å². The summed E-state index contributed by atoms with van der Waals surface area (Å²) in [5, 5.41) is 0.752. The second kappa shape index (κ2) is 4.69. The van der Waals surface area contributed by atoms with E-state index in [4.69, 9.17) is 17.3 Å². The molecule has 0 unspecified atom stereocenters. The van der Waals surface area contributed by atoms with E-state index in [1.807, 2.05) is 43.3 Å². The molecule has 0 radical (unpaired) electrons. The van der Waals surface area contributed by atoms with Gasteiger partial charge in [-0.25, -0.2) is 0 Å². The molecule has 2 aromatic carbocycles. The molecule has 1 atom stereocenters. The topological polar surface area (TPSA) is 26.0 Å². The molecule has 2 N–H and O–H groups in total. The lowest BCUT2D eigenvalue weighted by molar-refractivity contribution is 0.820. The van der Waals surface area contributed by atoms with Crippen LogP contribution >= 0.6 is 11.6 Å². The lowest BCUT2D eigenvalue weighted by Crippen LogP contribution is -2.06. The van der Waals surface area contributed by atoms with Crippen molar-refractivity contribution in [3.05, 3.63) is 59.1 Å². The first kappa shape index (κ1) is 11.2. The second-order valence-corrected chi connectivity index (χ2v) is 4.32. The zero-order chi connectivity index (χ0) is 11.5. The predicted molar refractivity (Wildman–Crippen MR) is 69.5 cm³/mol. The minimum Gasteiger partial charge on any atom is -0.324 e. The number of nitrogens with two attached hydrogens (primary N) is 1. The average Bonchev–Trinajstić information content (AvgIpc) is 2.30. The third-order valence-corrected chi connectivity index (χ3v) is 2.86. The zero-order valence-corrected chi connectivity index (χ0v) is 9.91. The molecule has 0 aliphatic rings. The average molecular weight is 232 g/mol. The summed E-state index contributed by atoms with van der Waals surface area (Å²) < 4.78 is 0. The van der Waals surface area contributed by atoms with Gasteiger partial charge in [-0.15, -0.1) is 0 Å². The number of halogens is 1. The van der Waals surface area contributed by atoms with Gasteiger partial charge in [0.15, 0.2) is 0 Å². The highest BCUT2D eigenvalue weighted by molar-refractivity contribution is 6.30.